The molecule has 0 fully saturated rings. The van der Waals surface area contributed by atoms with Gasteiger partial charge in [0.2, 0.25) is 0 Å². The molecule has 1 aromatic carbocycles. The van der Waals surface area contributed by atoms with E-state index in [1.165, 1.54) is 37.5 Å². The molecule has 18 heavy (non-hydrogen) atoms. The summed E-state index contributed by atoms with van der Waals surface area (Å²) in [4.78, 5) is 20.7. The van der Waals surface area contributed by atoms with Crippen LogP contribution in [0.15, 0.2) is 34.9 Å². The molecule has 0 saturated heterocycles. The second-order valence-corrected chi connectivity index (χ2v) is 3.62. The predicted octanol–water partition coefficient (Wildman–Crippen LogP) is 3.07. The minimum Gasteiger partial charge on any atom is -0.464 e. The van der Waals surface area contributed by atoms with Gasteiger partial charge in [-0.15, -0.1) is 0 Å². The van der Waals surface area contributed by atoms with Gasteiger partial charge in [0, 0.05) is 11.6 Å². The van der Waals surface area contributed by atoms with Gasteiger partial charge in [-0.25, -0.2) is 0 Å². The van der Waals surface area contributed by atoms with E-state index in [9.17, 15) is 20.2 Å². The molecule has 0 aliphatic rings. The fourth-order valence-corrected chi connectivity index (χ4v) is 1.74. The van der Waals surface area contributed by atoms with E-state index in [2.05, 4.69) is 0 Å². The maximum absolute atomic E-state index is 11.1. The topological polar surface area (TPSA) is 99.4 Å². The summed E-state index contributed by atoms with van der Waals surface area (Å²) in [6, 6.07) is 5.56. The van der Waals surface area contributed by atoms with Crippen molar-refractivity contribution in [1.29, 1.82) is 0 Å². The van der Waals surface area contributed by atoms with Crippen LogP contribution in [0.3, 0.4) is 0 Å². The van der Waals surface area contributed by atoms with Crippen molar-refractivity contribution in [2.75, 3.05) is 0 Å². The molecule has 1 aromatic heterocycles. The van der Waals surface area contributed by atoms with Crippen molar-refractivity contribution in [3.8, 4) is 11.3 Å². The van der Waals surface area contributed by atoms with E-state index in [1.807, 2.05) is 0 Å². The van der Waals surface area contributed by atoms with E-state index < -0.39 is 9.85 Å². The van der Waals surface area contributed by atoms with Crippen LogP contribution in [0.2, 0.25) is 0 Å². The van der Waals surface area contributed by atoms with E-state index in [0.29, 0.717) is 5.56 Å². The highest BCUT2D eigenvalue weighted by Crippen LogP contribution is 2.40. The van der Waals surface area contributed by atoms with Gasteiger partial charge in [0.1, 0.15) is 5.76 Å². The molecule has 0 atom stereocenters. The van der Waals surface area contributed by atoms with Crippen LogP contribution in [0.4, 0.5) is 11.4 Å². The van der Waals surface area contributed by atoms with Crippen molar-refractivity contribution < 1.29 is 14.3 Å². The third kappa shape index (κ3) is 1.81. The average molecular weight is 248 g/mol. The summed E-state index contributed by atoms with van der Waals surface area (Å²) >= 11 is 0. The molecule has 0 radical (unpaired) electrons. The summed E-state index contributed by atoms with van der Waals surface area (Å²) in [5, 5.41) is 22.0. The minimum atomic E-state index is -0.662. The van der Waals surface area contributed by atoms with Gasteiger partial charge in [0.15, 0.2) is 5.56 Å². The van der Waals surface area contributed by atoms with Crippen LogP contribution >= 0.6 is 0 Å². The van der Waals surface area contributed by atoms with E-state index in [-0.39, 0.29) is 22.7 Å². The molecule has 0 aliphatic carbocycles. The number of benzene rings is 1. The van der Waals surface area contributed by atoms with Crippen LogP contribution in [0, 0.1) is 27.2 Å². The largest absolute Gasteiger partial charge is 0.464 e. The zero-order valence-corrected chi connectivity index (χ0v) is 9.32. The highest BCUT2D eigenvalue weighted by Gasteiger charge is 2.30. The van der Waals surface area contributed by atoms with Gasteiger partial charge in [0.05, 0.1) is 16.1 Å². The van der Waals surface area contributed by atoms with Crippen LogP contribution in [-0.4, -0.2) is 9.85 Å². The van der Waals surface area contributed by atoms with Crippen molar-refractivity contribution >= 4 is 11.4 Å². The molecule has 0 aliphatic heterocycles. The number of furan rings is 1. The Morgan fingerprint density at radius 3 is 2.33 bits per heavy atom. The Balaban J connectivity index is 2.84. The molecule has 0 saturated carbocycles. The summed E-state index contributed by atoms with van der Waals surface area (Å²) in [6.45, 7) is 1.52. The molecule has 0 spiro atoms. The van der Waals surface area contributed by atoms with Crippen molar-refractivity contribution in [3.63, 3.8) is 0 Å². The zero-order valence-electron chi connectivity index (χ0n) is 9.32. The average Bonchev–Trinajstić information content (AvgIpc) is 2.80. The second kappa shape index (κ2) is 4.28. The van der Waals surface area contributed by atoms with Gasteiger partial charge in [-0.3, -0.25) is 20.2 Å². The Morgan fingerprint density at radius 1 is 1.11 bits per heavy atom. The van der Waals surface area contributed by atoms with E-state index in [0.717, 1.165) is 0 Å². The summed E-state index contributed by atoms with van der Waals surface area (Å²) in [7, 11) is 0. The van der Waals surface area contributed by atoms with Gasteiger partial charge >= 0.3 is 0 Å². The highest BCUT2D eigenvalue weighted by atomic mass is 16.6. The Hall–Kier alpha value is -2.70. The molecule has 1 heterocycles. The van der Waals surface area contributed by atoms with Gasteiger partial charge < -0.3 is 4.42 Å². The number of hydrogen-bond acceptors (Lipinski definition) is 5. The number of aryl methyl sites for hydroxylation is 1. The first-order valence-electron chi connectivity index (χ1n) is 4.98. The Kier molecular flexibility index (Phi) is 2.80. The van der Waals surface area contributed by atoms with Crippen LogP contribution in [0.5, 0.6) is 0 Å². The standard InChI is InChI=1S/C11H8N2O5/c1-7-4-5-8(12(14)15)10(11(7)13(16)17)9-3-2-6-18-9/h2-6H,1H3. The van der Waals surface area contributed by atoms with E-state index in [1.54, 1.807) is 0 Å². The van der Waals surface area contributed by atoms with Gasteiger partial charge in [0.25, 0.3) is 11.4 Å². The third-order valence-electron chi connectivity index (χ3n) is 2.50. The fraction of sp³-hybridized carbons (Fsp3) is 0.0909. The van der Waals surface area contributed by atoms with E-state index in [4.69, 9.17) is 4.42 Å². The zero-order chi connectivity index (χ0) is 13.3. The summed E-state index contributed by atoms with van der Waals surface area (Å²) in [6.07, 6.45) is 1.31. The maximum atomic E-state index is 11.1. The molecule has 0 amide bonds. The molecule has 0 bridgehead atoms. The SMILES string of the molecule is Cc1ccc([N+](=O)[O-])c(-c2ccco2)c1[N+](=O)[O-]. The van der Waals surface area contributed by atoms with Crippen molar-refractivity contribution in [2.24, 2.45) is 0 Å². The van der Waals surface area contributed by atoms with Crippen LogP contribution in [0.1, 0.15) is 5.56 Å². The normalized spacial score (nSPS) is 10.3. The Bertz CT molecular complexity index is 619. The first kappa shape index (κ1) is 11.8. The van der Waals surface area contributed by atoms with Crippen LogP contribution < -0.4 is 0 Å². The third-order valence-corrected chi connectivity index (χ3v) is 2.50. The second-order valence-electron chi connectivity index (χ2n) is 3.62. The van der Waals surface area contributed by atoms with Crippen molar-refractivity contribution in [2.45, 2.75) is 6.92 Å². The van der Waals surface area contributed by atoms with Crippen LogP contribution in [0.25, 0.3) is 11.3 Å². The van der Waals surface area contributed by atoms with Crippen LogP contribution in [-0.2, 0) is 0 Å². The lowest BCUT2D eigenvalue weighted by atomic mass is 10.0. The summed E-state index contributed by atoms with van der Waals surface area (Å²) < 4.78 is 5.05. The lowest BCUT2D eigenvalue weighted by Gasteiger charge is -2.04. The highest BCUT2D eigenvalue weighted by molar-refractivity contribution is 5.80. The predicted molar refractivity (Wildman–Crippen MR) is 62.2 cm³/mol. The molecule has 2 aromatic rings. The minimum absolute atomic E-state index is 0.102. The smallest absolute Gasteiger partial charge is 0.290 e. The Morgan fingerprint density at radius 2 is 1.83 bits per heavy atom. The van der Waals surface area contributed by atoms with Gasteiger partial charge in [-0.1, -0.05) is 0 Å². The first-order valence-corrected chi connectivity index (χ1v) is 4.98. The van der Waals surface area contributed by atoms with E-state index >= 15 is 0 Å². The Labute approximate surface area is 101 Å². The van der Waals surface area contributed by atoms with Gasteiger partial charge in [-0.2, -0.15) is 0 Å². The lowest BCUT2D eigenvalue weighted by molar-refractivity contribution is -0.393. The number of nitro groups is 2. The monoisotopic (exact) mass is 248 g/mol. The molecular weight excluding hydrogens is 240 g/mol. The lowest BCUT2D eigenvalue weighted by Crippen LogP contribution is -1.99. The maximum Gasteiger partial charge on any atom is 0.290 e. The fourth-order valence-electron chi connectivity index (χ4n) is 1.74. The molecular formula is C11H8N2O5. The summed E-state index contributed by atoms with van der Waals surface area (Å²) in [5.41, 5.74) is -0.409. The quantitative estimate of drug-likeness (QED) is 0.613. The van der Waals surface area contributed by atoms with Crippen molar-refractivity contribution in [1.82, 2.24) is 0 Å². The molecule has 92 valence electrons. The number of nitro benzene ring substituents is 2. The molecule has 7 nitrogen and oxygen atoms in total. The molecule has 2 rings (SSSR count). The number of rotatable bonds is 3. The molecule has 0 unspecified atom stereocenters. The molecule has 7 heteroatoms. The molecule has 0 N–H and O–H groups in total. The van der Waals surface area contributed by atoms with Crippen molar-refractivity contribution in [3.05, 3.63) is 56.3 Å². The number of hydrogen-bond donors (Lipinski definition) is 0. The first-order chi connectivity index (χ1) is 8.52. The summed E-state index contributed by atoms with van der Waals surface area (Å²) in [5.74, 6) is 0.108. The van der Waals surface area contributed by atoms with Gasteiger partial charge in [-0.05, 0) is 25.1 Å². The number of nitrogens with zero attached hydrogens (tertiary/aromatic N) is 2.